The highest BCUT2D eigenvalue weighted by molar-refractivity contribution is 9.10. The van der Waals surface area contributed by atoms with Crippen molar-refractivity contribution in [1.82, 2.24) is 0 Å². The van der Waals surface area contributed by atoms with Crippen LogP contribution >= 0.6 is 15.9 Å². The van der Waals surface area contributed by atoms with Gasteiger partial charge in [0.15, 0.2) is 0 Å². The lowest BCUT2D eigenvalue weighted by Crippen LogP contribution is -2.09. The zero-order chi connectivity index (χ0) is 8.59. The van der Waals surface area contributed by atoms with E-state index in [1.165, 1.54) is 0 Å². The van der Waals surface area contributed by atoms with E-state index < -0.39 is 5.82 Å². The van der Waals surface area contributed by atoms with E-state index in [2.05, 4.69) is 15.9 Å². The third kappa shape index (κ3) is 1.40. The molecule has 0 fully saturated rings. The van der Waals surface area contributed by atoms with Gasteiger partial charge in [-0.1, -0.05) is 11.5 Å². The Morgan fingerprint density at radius 2 is 2.18 bits per heavy atom. The van der Waals surface area contributed by atoms with Gasteiger partial charge >= 0.3 is 0 Å². The molecule has 0 aliphatic rings. The first-order valence-corrected chi connectivity index (χ1v) is 3.97. The minimum Gasteiger partial charge on any atom is -0.506 e. The molecule has 0 radical (unpaired) electrons. The van der Waals surface area contributed by atoms with E-state index in [0.29, 0.717) is 11.0 Å². The highest BCUT2D eigenvalue weighted by Gasteiger charge is 2.09. The van der Waals surface area contributed by atoms with Gasteiger partial charge in [-0.15, -0.1) is 0 Å². The Hall–Kier alpha value is -0.505. The first-order chi connectivity index (χ1) is 5.04. The van der Waals surface area contributed by atoms with E-state index in [-0.39, 0.29) is 10.2 Å². The minimum absolute atomic E-state index is 0.0203. The van der Waals surface area contributed by atoms with Crippen LogP contribution in [0.4, 0.5) is 4.39 Å². The van der Waals surface area contributed by atoms with Gasteiger partial charge in [-0.3, -0.25) is 0 Å². The lowest BCUT2D eigenvalue weighted by molar-refractivity contribution is 0.461. The topological polar surface area (TPSA) is 20.2 Å². The van der Waals surface area contributed by atoms with Crippen LogP contribution in [0.5, 0.6) is 5.75 Å². The second kappa shape index (κ2) is 2.85. The van der Waals surface area contributed by atoms with Crippen molar-refractivity contribution in [3.05, 3.63) is 21.9 Å². The van der Waals surface area contributed by atoms with Gasteiger partial charge in [0.25, 0.3) is 0 Å². The second-order valence-electron chi connectivity index (χ2n) is 2.49. The molecular formula is C7H7BBrFO. The highest BCUT2D eigenvalue weighted by atomic mass is 79.9. The van der Waals surface area contributed by atoms with Crippen LogP contribution in [-0.4, -0.2) is 13.0 Å². The van der Waals surface area contributed by atoms with Crippen LogP contribution in [0.2, 0.25) is 0 Å². The van der Waals surface area contributed by atoms with Crippen molar-refractivity contribution >= 4 is 29.2 Å². The van der Waals surface area contributed by atoms with Crippen molar-refractivity contribution in [2.24, 2.45) is 0 Å². The molecule has 1 aromatic carbocycles. The summed E-state index contributed by atoms with van der Waals surface area (Å²) in [5.74, 6) is -0.416. The average Bonchev–Trinajstić information content (AvgIpc) is 1.97. The number of phenolic OH excluding ortho intramolecular Hbond substituents is 1. The van der Waals surface area contributed by atoms with Gasteiger partial charge in [0, 0.05) is 0 Å². The fourth-order valence-electron chi connectivity index (χ4n) is 0.907. The van der Waals surface area contributed by atoms with E-state index >= 15 is 0 Å². The molecule has 1 N–H and O–H groups in total. The van der Waals surface area contributed by atoms with Crippen molar-refractivity contribution in [3.63, 3.8) is 0 Å². The third-order valence-corrected chi connectivity index (χ3v) is 2.28. The fraction of sp³-hybridized carbons (Fsp3) is 0.143. The summed E-state index contributed by atoms with van der Waals surface area (Å²) in [6.45, 7) is 1.73. The molecule has 0 heterocycles. The predicted molar refractivity (Wildman–Crippen MR) is 48.7 cm³/mol. The van der Waals surface area contributed by atoms with Crippen molar-refractivity contribution in [2.75, 3.05) is 0 Å². The number of hydrogen-bond acceptors (Lipinski definition) is 1. The van der Waals surface area contributed by atoms with Crippen molar-refractivity contribution in [3.8, 4) is 5.75 Å². The van der Waals surface area contributed by atoms with E-state index in [1.807, 2.05) is 0 Å². The number of aryl methyl sites for hydroxylation is 1. The monoisotopic (exact) mass is 216 g/mol. The molecule has 0 saturated carbocycles. The second-order valence-corrected chi connectivity index (χ2v) is 3.28. The van der Waals surface area contributed by atoms with E-state index in [0.717, 1.165) is 0 Å². The number of halogens is 2. The summed E-state index contributed by atoms with van der Waals surface area (Å²) in [4.78, 5) is 0. The third-order valence-electron chi connectivity index (χ3n) is 1.55. The molecule has 0 aromatic heterocycles. The quantitative estimate of drug-likeness (QED) is 0.639. The summed E-state index contributed by atoms with van der Waals surface area (Å²) in [5.41, 5.74) is 1.21. The Morgan fingerprint density at radius 3 is 2.73 bits per heavy atom. The molecule has 1 nitrogen and oxygen atoms in total. The first-order valence-electron chi connectivity index (χ1n) is 3.18. The lowest BCUT2D eigenvalue weighted by atomic mass is 9.93. The SMILES string of the molecule is Bc1cc(C)c(O)c(Br)c1F. The van der Waals surface area contributed by atoms with Gasteiger partial charge in [-0.2, -0.15) is 0 Å². The standard InChI is InChI=1S/C7H7BBrFO/c1-3-2-4(8)6(10)5(9)7(3)11/h2,11H,8H2,1H3. The number of hydrogen-bond donors (Lipinski definition) is 1. The van der Waals surface area contributed by atoms with Crippen LogP contribution in [0.15, 0.2) is 10.5 Å². The summed E-state index contributed by atoms with van der Waals surface area (Å²) in [6, 6.07) is 1.61. The molecule has 0 aliphatic carbocycles. The van der Waals surface area contributed by atoms with Crippen LogP contribution < -0.4 is 5.46 Å². The van der Waals surface area contributed by atoms with E-state index in [9.17, 15) is 9.50 Å². The smallest absolute Gasteiger partial charge is 0.143 e. The van der Waals surface area contributed by atoms with Crippen LogP contribution in [0, 0.1) is 12.7 Å². The number of rotatable bonds is 0. The Labute approximate surface area is 73.8 Å². The molecule has 0 amide bonds. The Kier molecular flexibility index (Phi) is 2.23. The highest BCUT2D eigenvalue weighted by Crippen LogP contribution is 2.28. The molecule has 58 valence electrons. The zero-order valence-corrected chi connectivity index (χ0v) is 7.87. The molecule has 0 aliphatic heterocycles. The van der Waals surface area contributed by atoms with Crippen LogP contribution in [-0.2, 0) is 0 Å². The summed E-state index contributed by atoms with van der Waals surface area (Å²) < 4.78 is 13.1. The molecule has 1 aromatic rings. The normalized spacial score (nSPS) is 10.1. The van der Waals surface area contributed by atoms with Crippen molar-refractivity contribution in [2.45, 2.75) is 6.92 Å². The first kappa shape index (κ1) is 8.59. The minimum atomic E-state index is -0.395. The Morgan fingerprint density at radius 1 is 1.64 bits per heavy atom. The fourth-order valence-corrected chi connectivity index (χ4v) is 1.53. The Balaban J connectivity index is 3.46. The van der Waals surface area contributed by atoms with Gasteiger partial charge in [0.2, 0.25) is 0 Å². The van der Waals surface area contributed by atoms with Gasteiger partial charge in [0.05, 0.1) is 4.47 Å². The average molecular weight is 217 g/mol. The van der Waals surface area contributed by atoms with Crippen LogP contribution in [0.25, 0.3) is 0 Å². The van der Waals surface area contributed by atoms with E-state index in [4.69, 9.17) is 0 Å². The van der Waals surface area contributed by atoms with Gasteiger partial charge in [-0.05, 0) is 28.4 Å². The molecular weight excluding hydrogens is 210 g/mol. The summed E-state index contributed by atoms with van der Waals surface area (Å²) in [6.07, 6.45) is 0. The zero-order valence-electron chi connectivity index (χ0n) is 6.28. The molecule has 0 atom stereocenters. The Bertz CT molecular complexity index is 275. The molecule has 0 bridgehead atoms. The molecule has 0 unspecified atom stereocenters. The molecule has 0 spiro atoms. The number of benzene rings is 1. The lowest BCUT2D eigenvalue weighted by Gasteiger charge is -2.04. The maximum Gasteiger partial charge on any atom is 0.143 e. The maximum absolute atomic E-state index is 13.0. The molecule has 1 rings (SSSR count). The largest absolute Gasteiger partial charge is 0.506 e. The van der Waals surface area contributed by atoms with Gasteiger partial charge < -0.3 is 5.11 Å². The molecule has 11 heavy (non-hydrogen) atoms. The maximum atomic E-state index is 13.0. The summed E-state index contributed by atoms with van der Waals surface area (Å²) in [7, 11) is 1.66. The van der Waals surface area contributed by atoms with Crippen LogP contribution in [0.1, 0.15) is 5.56 Å². The van der Waals surface area contributed by atoms with Crippen LogP contribution in [0.3, 0.4) is 0 Å². The molecule has 4 heteroatoms. The molecule has 0 saturated heterocycles. The summed E-state index contributed by atoms with van der Waals surface area (Å²) in [5, 5.41) is 9.22. The summed E-state index contributed by atoms with van der Waals surface area (Å²) >= 11 is 2.96. The van der Waals surface area contributed by atoms with Gasteiger partial charge in [-0.25, -0.2) is 4.39 Å². The van der Waals surface area contributed by atoms with Crippen molar-refractivity contribution < 1.29 is 9.50 Å². The number of aromatic hydroxyl groups is 1. The van der Waals surface area contributed by atoms with E-state index in [1.54, 1.807) is 20.8 Å². The number of phenols is 1. The van der Waals surface area contributed by atoms with Crippen molar-refractivity contribution in [1.29, 1.82) is 0 Å². The van der Waals surface area contributed by atoms with Gasteiger partial charge in [0.1, 0.15) is 19.4 Å². The predicted octanol–water partition coefficient (Wildman–Crippen LogP) is 0.861.